The van der Waals surface area contributed by atoms with E-state index in [1.807, 2.05) is 34.6 Å². The first-order valence-corrected chi connectivity index (χ1v) is 4.26. The monoisotopic (exact) mass is 159 g/mol. The lowest BCUT2D eigenvalue weighted by molar-refractivity contribution is -0.128. The van der Waals surface area contributed by atoms with Gasteiger partial charge in [-0.05, 0) is 6.42 Å². The Morgan fingerprint density at radius 2 is 1.73 bits per heavy atom. The van der Waals surface area contributed by atoms with Crippen molar-refractivity contribution < 1.29 is 4.79 Å². The van der Waals surface area contributed by atoms with Crippen LogP contribution < -0.4 is 5.32 Å². The van der Waals surface area contributed by atoms with Gasteiger partial charge in [-0.25, -0.2) is 0 Å². The molecule has 0 atom stereocenters. The van der Waals surface area contributed by atoms with Crippen LogP contribution in [0.1, 0.15) is 41.0 Å². The topological polar surface area (TPSA) is 29.1 Å². The third-order valence-corrected chi connectivity index (χ3v) is 1.73. The van der Waals surface area contributed by atoms with Crippen LogP contribution in [0, 0.1) is 5.41 Å². The molecule has 0 unspecified atom stereocenters. The minimum absolute atomic E-state index is 0.116. The third-order valence-electron chi connectivity index (χ3n) is 1.73. The molecule has 0 spiro atoms. The summed E-state index contributed by atoms with van der Waals surface area (Å²) in [6.07, 6.45) is 0.882. The van der Waals surface area contributed by atoms with Gasteiger partial charge in [0.05, 0.1) is 0 Å². The predicted molar refractivity (Wildman–Crippen MR) is 49.5 cm³/mol. The Labute approximate surface area is 70.4 Å². The Kier molecular flexibility index (Phi) is 7.37. The molecule has 0 rings (SSSR count). The highest BCUT2D eigenvalue weighted by molar-refractivity contribution is 5.81. The molecule has 0 bridgehead atoms. The van der Waals surface area contributed by atoms with Gasteiger partial charge < -0.3 is 5.32 Å². The Bertz CT molecular complexity index is 108. The first kappa shape index (κ1) is 13.1. The lowest BCUT2D eigenvalue weighted by Gasteiger charge is -2.19. The highest BCUT2D eigenvalue weighted by Crippen LogP contribution is 2.18. The average molecular weight is 159 g/mol. The number of hydrogen-bond donors (Lipinski definition) is 1. The summed E-state index contributed by atoms with van der Waals surface area (Å²) < 4.78 is 0. The molecule has 0 aliphatic heterocycles. The zero-order chi connectivity index (χ0) is 9.49. The second kappa shape index (κ2) is 6.20. The lowest BCUT2D eigenvalue weighted by Crippen LogP contribution is -2.33. The molecule has 0 saturated carbocycles. The van der Waals surface area contributed by atoms with Gasteiger partial charge in [0, 0.05) is 12.5 Å². The minimum atomic E-state index is -0.200. The average Bonchev–Trinajstić information content (AvgIpc) is 2.06. The van der Waals surface area contributed by atoms with Gasteiger partial charge in [-0.2, -0.15) is 0 Å². The van der Waals surface area contributed by atoms with Crippen LogP contribution in [-0.2, 0) is 4.79 Å². The molecule has 0 aromatic rings. The van der Waals surface area contributed by atoms with Crippen molar-refractivity contribution >= 4 is 5.91 Å². The number of hydrogen-bond acceptors (Lipinski definition) is 1. The van der Waals surface area contributed by atoms with Crippen molar-refractivity contribution in [2.24, 2.45) is 5.41 Å². The van der Waals surface area contributed by atoms with Gasteiger partial charge in [-0.1, -0.05) is 34.6 Å². The first-order valence-electron chi connectivity index (χ1n) is 4.26. The molecule has 68 valence electrons. The molecule has 0 aliphatic carbocycles. The van der Waals surface area contributed by atoms with E-state index < -0.39 is 0 Å². The second-order valence-electron chi connectivity index (χ2n) is 2.82. The van der Waals surface area contributed by atoms with Gasteiger partial charge in [0.1, 0.15) is 0 Å². The summed E-state index contributed by atoms with van der Waals surface area (Å²) in [4.78, 5) is 11.0. The van der Waals surface area contributed by atoms with Crippen LogP contribution in [0.5, 0.6) is 0 Å². The van der Waals surface area contributed by atoms with Gasteiger partial charge in [0.25, 0.3) is 0 Å². The van der Waals surface area contributed by atoms with Gasteiger partial charge in [-0.3, -0.25) is 4.79 Å². The van der Waals surface area contributed by atoms with Crippen molar-refractivity contribution in [3.8, 4) is 0 Å². The van der Waals surface area contributed by atoms with E-state index in [0.717, 1.165) is 6.42 Å². The van der Waals surface area contributed by atoms with Crippen LogP contribution in [0.25, 0.3) is 0 Å². The number of carbonyl (C=O) groups is 1. The van der Waals surface area contributed by atoms with E-state index in [4.69, 9.17) is 0 Å². The van der Waals surface area contributed by atoms with Crippen molar-refractivity contribution in [2.45, 2.75) is 41.0 Å². The highest BCUT2D eigenvalue weighted by Gasteiger charge is 2.23. The van der Waals surface area contributed by atoms with Crippen LogP contribution >= 0.6 is 0 Å². The van der Waals surface area contributed by atoms with Crippen molar-refractivity contribution in [1.29, 1.82) is 0 Å². The standard InChI is InChI=1S/C7H15NO.C2H6/c1-5-7(2,3)6(9)8-4;1-2/h5H2,1-4H3,(H,8,9);1-2H3. The molecule has 0 fully saturated rings. The van der Waals surface area contributed by atoms with Crippen molar-refractivity contribution in [3.63, 3.8) is 0 Å². The molecule has 2 nitrogen and oxygen atoms in total. The fraction of sp³-hybridized carbons (Fsp3) is 0.889. The summed E-state index contributed by atoms with van der Waals surface area (Å²) >= 11 is 0. The number of nitrogens with one attached hydrogen (secondary N) is 1. The van der Waals surface area contributed by atoms with Gasteiger partial charge in [-0.15, -0.1) is 0 Å². The summed E-state index contributed by atoms with van der Waals surface area (Å²) in [6.45, 7) is 9.88. The van der Waals surface area contributed by atoms with E-state index in [2.05, 4.69) is 5.32 Å². The number of rotatable bonds is 2. The van der Waals surface area contributed by atoms with Crippen LogP contribution in [0.4, 0.5) is 0 Å². The largest absolute Gasteiger partial charge is 0.359 e. The molecule has 1 N–H and O–H groups in total. The van der Waals surface area contributed by atoms with E-state index in [-0.39, 0.29) is 11.3 Å². The Hall–Kier alpha value is -0.530. The van der Waals surface area contributed by atoms with Gasteiger partial charge in [0.15, 0.2) is 0 Å². The Balaban J connectivity index is 0. The molecular formula is C9H21NO. The second-order valence-corrected chi connectivity index (χ2v) is 2.82. The quantitative estimate of drug-likeness (QED) is 0.657. The molecular weight excluding hydrogens is 138 g/mol. The van der Waals surface area contributed by atoms with E-state index in [1.165, 1.54) is 0 Å². The zero-order valence-electron chi connectivity index (χ0n) is 8.62. The minimum Gasteiger partial charge on any atom is -0.359 e. The number of amides is 1. The van der Waals surface area contributed by atoms with Gasteiger partial charge >= 0.3 is 0 Å². The molecule has 11 heavy (non-hydrogen) atoms. The van der Waals surface area contributed by atoms with Crippen molar-refractivity contribution in [2.75, 3.05) is 7.05 Å². The van der Waals surface area contributed by atoms with Crippen molar-refractivity contribution in [1.82, 2.24) is 5.32 Å². The molecule has 0 radical (unpaired) electrons. The fourth-order valence-electron chi connectivity index (χ4n) is 0.499. The Morgan fingerprint density at radius 3 is 1.82 bits per heavy atom. The van der Waals surface area contributed by atoms with Crippen LogP contribution in [-0.4, -0.2) is 13.0 Å². The van der Waals surface area contributed by atoms with E-state index >= 15 is 0 Å². The smallest absolute Gasteiger partial charge is 0.225 e. The summed E-state index contributed by atoms with van der Waals surface area (Å²) in [5.41, 5.74) is -0.200. The van der Waals surface area contributed by atoms with Gasteiger partial charge in [0.2, 0.25) is 5.91 Å². The summed E-state index contributed by atoms with van der Waals surface area (Å²) in [5.74, 6) is 0.116. The molecule has 0 heterocycles. The molecule has 2 heteroatoms. The molecule has 0 saturated heterocycles. The van der Waals surface area contributed by atoms with E-state index in [1.54, 1.807) is 7.05 Å². The summed E-state index contributed by atoms with van der Waals surface area (Å²) in [7, 11) is 1.67. The maximum Gasteiger partial charge on any atom is 0.225 e. The normalized spacial score (nSPS) is 9.64. The van der Waals surface area contributed by atoms with Crippen LogP contribution in [0.2, 0.25) is 0 Å². The summed E-state index contributed by atoms with van der Waals surface area (Å²) in [6, 6.07) is 0. The first-order chi connectivity index (χ1) is 5.04. The van der Waals surface area contributed by atoms with Crippen LogP contribution in [0.3, 0.4) is 0 Å². The Morgan fingerprint density at radius 1 is 1.36 bits per heavy atom. The maximum absolute atomic E-state index is 11.0. The van der Waals surface area contributed by atoms with Crippen molar-refractivity contribution in [3.05, 3.63) is 0 Å². The fourth-order valence-corrected chi connectivity index (χ4v) is 0.499. The lowest BCUT2D eigenvalue weighted by atomic mass is 9.89. The third kappa shape index (κ3) is 4.82. The molecule has 0 aromatic heterocycles. The SMILES string of the molecule is CC.CCC(C)(C)C(=O)NC. The summed E-state index contributed by atoms with van der Waals surface area (Å²) in [5, 5.41) is 2.62. The van der Waals surface area contributed by atoms with E-state index in [9.17, 15) is 4.79 Å². The number of carbonyl (C=O) groups excluding carboxylic acids is 1. The molecule has 1 amide bonds. The van der Waals surface area contributed by atoms with Crippen LogP contribution in [0.15, 0.2) is 0 Å². The highest BCUT2D eigenvalue weighted by atomic mass is 16.2. The van der Waals surface area contributed by atoms with E-state index in [0.29, 0.717) is 0 Å². The maximum atomic E-state index is 11.0. The molecule has 0 aromatic carbocycles. The molecule has 0 aliphatic rings. The zero-order valence-corrected chi connectivity index (χ0v) is 8.62. The predicted octanol–water partition coefficient (Wildman–Crippen LogP) is 2.19.